The summed E-state index contributed by atoms with van der Waals surface area (Å²) < 4.78 is 5.45. The van der Waals surface area contributed by atoms with Crippen LogP contribution in [0.25, 0.3) is 0 Å². The molecular formula is C18H21N5O2. The summed E-state index contributed by atoms with van der Waals surface area (Å²) in [7, 11) is 0. The third kappa shape index (κ3) is 4.32. The first-order valence-corrected chi connectivity index (χ1v) is 8.38. The molecule has 7 heteroatoms. The molecule has 1 aromatic heterocycles. The van der Waals surface area contributed by atoms with Crippen LogP contribution in [0.1, 0.15) is 32.1 Å². The van der Waals surface area contributed by atoms with Crippen LogP contribution < -0.4 is 16.2 Å². The molecule has 1 aliphatic rings. The monoisotopic (exact) mass is 339 g/mol. The second kappa shape index (κ2) is 7.74. The number of nitrogen functional groups attached to an aromatic ring is 2. The van der Waals surface area contributed by atoms with Crippen LogP contribution in [0.4, 0.5) is 23.0 Å². The van der Waals surface area contributed by atoms with Crippen LogP contribution >= 0.6 is 0 Å². The fraction of sp³-hybridized carbons (Fsp3) is 0.333. The van der Waals surface area contributed by atoms with Crippen LogP contribution in [-0.2, 0) is 4.79 Å². The first-order chi connectivity index (χ1) is 12.1. The van der Waals surface area contributed by atoms with Crippen LogP contribution in [0.15, 0.2) is 46.6 Å². The minimum atomic E-state index is -0.274. The van der Waals surface area contributed by atoms with Gasteiger partial charge < -0.3 is 16.2 Å². The summed E-state index contributed by atoms with van der Waals surface area (Å²) in [6.45, 7) is 0. The summed E-state index contributed by atoms with van der Waals surface area (Å²) in [5.41, 5.74) is 12.7. The summed E-state index contributed by atoms with van der Waals surface area (Å²) in [5.74, 6) is 0.0192. The number of pyridine rings is 1. The summed E-state index contributed by atoms with van der Waals surface area (Å²) >= 11 is 0. The number of anilines is 2. The molecule has 3 rings (SSSR count). The molecule has 0 radical (unpaired) electrons. The molecule has 0 amide bonds. The first-order valence-electron chi connectivity index (χ1n) is 8.38. The number of aromatic nitrogens is 1. The van der Waals surface area contributed by atoms with Gasteiger partial charge in [-0.1, -0.05) is 37.5 Å². The van der Waals surface area contributed by atoms with E-state index in [0.29, 0.717) is 11.4 Å². The van der Waals surface area contributed by atoms with E-state index in [4.69, 9.17) is 16.2 Å². The molecule has 0 bridgehead atoms. The number of benzene rings is 1. The maximum atomic E-state index is 12.3. The third-order valence-corrected chi connectivity index (χ3v) is 4.20. The van der Waals surface area contributed by atoms with E-state index in [0.717, 1.165) is 25.7 Å². The van der Waals surface area contributed by atoms with Crippen molar-refractivity contribution in [1.29, 1.82) is 0 Å². The Morgan fingerprint density at radius 1 is 1.04 bits per heavy atom. The van der Waals surface area contributed by atoms with Crippen LogP contribution in [-0.4, -0.2) is 11.0 Å². The van der Waals surface area contributed by atoms with E-state index in [-0.39, 0.29) is 29.3 Å². The Hall–Kier alpha value is -2.96. The molecule has 1 fully saturated rings. The van der Waals surface area contributed by atoms with Crippen molar-refractivity contribution >= 4 is 29.0 Å². The van der Waals surface area contributed by atoms with Crippen molar-refractivity contribution in [3.05, 3.63) is 36.4 Å². The molecular weight excluding hydrogens is 318 g/mol. The number of hydrogen-bond donors (Lipinski definition) is 2. The molecule has 25 heavy (non-hydrogen) atoms. The van der Waals surface area contributed by atoms with Crippen molar-refractivity contribution in [3.63, 3.8) is 0 Å². The van der Waals surface area contributed by atoms with E-state index in [1.807, 2.05) is 30.3 Å². The Bertz CT molecular complexity index is 771. The van der Waals surface area contributed by atoms with Gasteiger partial charge in [-0.05, 0) is 25.0 Å². The number of rotatable bonds is 4. The second-order valence-corrected chi connectivity index (χ2v) is 6.07. The minimum absolute atomic E-state index is 0.0697. The highest BCUT2D eigenvalue weighted by molar-refractivity contribution is 5.78. The summed E-state index contributed by atoms with van der Waals surface area (Å²) in [5, 5.41) is 8.19. The largest absolute Gasteiger partial charge is 0.422 e. The molecule has 130 valence electrons. The van der Waals surface area contributed by atoms with E-state index in [1.165, 1.54) is 12.5 Å². The lowest BCUT2D eigenvalue weighted by molar-refractivity contribution is -0.139. The smallest absolute Gasteiger partial charge is 0.314 e. The Kier molecular flexibility index (Phi) is 5.23. The Labute approximate surface area is 146 Å². The van der Waals surface area contributed by atoms with Gasteiger partial charge in [-0.25, -0.2) is 4.98 Å². The number of azo groups is 1. The fourth-order valence-electron chi connectivity index (χ4n) is 2.81. The van der Waals surface area contributed by atoms with Gasteiger partial charge in [-0.3, -0.25) is 4.79 Å². The lowest BCUT2D eigenvalue weighted by Crippen LogP contribution is -2.23. The molecule has 0 atom stereocenters. The zero-order valence-corrected chi connectivity index (χ0v) is 13.9. The maximum absolute atomic E-state index is 12.3. The number of carbonyl (C=O) groups excluding carboxylic acids is 1. The molecule has 0 aliphatic heterocycles. The van der Waals surface area contributed by atoms with E-state index >= 15 is 0 Å². The van der Waals surface area contributed by atoms with Crippen LogP contribution in [0.3, 0.4) is 0 Å². The van der Waals surface area contributed by atoms with Crippen molar-refractivity contribution in [1.82, 2.24) is 4.98 Å². The quantitative estimate of drug-likeness (QED) is 0.641. The van der Waals surface area contributed by atoms with Crippen molar-refractivity contribution in [2.45, 2.75) is 32.1 Å². The van der Waals surface area contributed by atoms with Gasteiger partial charge in [0.1, 0.15) is 5.69 Å². The van der Waals surface area contributed by atoms with Gasteiger partial charge in [0, 0.05) is 6.07 Å². The topological polar surface area (TPSA) is 116 Å². The van der Waals surface area contributed by atoms with Crippen molar-refractivity contribution in [3.8, 4) is 5.75 Å². The van der Waals surface area contributed by atoms with Crippen molar-refractivity contribution in [2.24, 2.45) is 16.1 Å². The highest BCUT2D eigenvalue weighted by Gasteiger charge is 2.24. The van der Waals surface area contributed by atoms with Gasteiger partial charge in [-0.2, -0.15) is 5.11 Å². The molecule has 0 unspecified atom stereocenters. The van der Waals surface area contributed by atoms with E-state index in [1.54, 1.807) is 0 Å². The standard InChI is InChI=1S/C18H21N5O2/c19-16-14(23-22-13-9-5-2-6-10-13)11-15(17(20)21-16)25-18(24)12-7-3-1-4-8-12/h2,5-6,9-12H,1,3-4,7-8H2,(H4,19,20,21)/b23-22+. The van der Waals surface area contributed by atoms with Crippen LogP contribution in [0.5, 0.6) is 5.75 Å². The van der Waals surface area contributed by atoms with Gasteiger partial charge in [0.05, 0.1) is 11.6 Å². The number of hydrogen-bond acceptors (Lipinski definition) is 7. The molecule has 1 aliphatic carbocycles. The minimum Gasteiger partial charge on any atom is -0.422 e. The fourth-order valence-corrected chi connectivity index (χ4v) is 2.81. The molecule has 7 nitrogen and oxygen atoms in total. The Morgan fingerprint density at radius 3 is 2.48 bits per heavy atom. The van der Waals surface area contributed by atoms with Gasteiger partial charge in [0.2, 0.25) is 0 Å². The summed E-state index contributed by atoms with van der Waals surface area (Å²) in [6.07, 6.45) is 4.96. The second-order valence-electron chi connectivity index (χ2n) is 6.07. The first kappa shape index (κ1) is 16.9. The molecule has 0 spiro atoms. The third-order valence-electron chi connectivity index (χ3n) is 4.20. The number of ether oxygens (including phenoxy) is 1. The van der Waals surface area contributed by atoms with Gasteiger partial charge in [-0.15, -0.1) is 5.11 Å². The van der Waals surface area contributed by atoms with Crippen LogP contribution in [0, 0.1) is 5.92 Å². The number of nitrogens with zero attached hydrogens (tertiary/aromatic N) is 3. The Morgan fingerprint density at radius 2 is 1.76 bits per heavy atom. The average Bonchev–Trinajstić information content (AvgIpc) is 2.64. The highest BCUT2D eigenvalue weighted by atomic mass is 16.5. The van der Waals surface area contributed by atoms with Gasteiger partial charge in [0.25, 0.3) is 0 Å². The average molecular weight is 339 g/mol. The zero-order chi connectivity index (χ0) is 17.6. The van der Waals surface area contributed by atoms with E-state index in [9.17, 15) is 4.79 Å². The highest BCUT2D eigenvalue weighted by Crippen LogP contribution is 2.33. The van der Waals surface area contributed by atoms with Gasteiger partial charge in [0.15, 0.2) is 17.4 Å². The Balaban J connectivity index is 1.78. The normalized spacial score (nSPS) is 15.4. The van der Waals surface area contributed by atoms with Crippen molar-refractivity contribution < 1.29 is 9.53 Å². The molecule has 2 aromatic rings. The SMILES string of the molecule is Nc1nc(N)c(OC(=O)C2CCCCC2)cc1/N=N/c1ccccc1. The molecule has 1 aromatic carbocycles. The van der Waals surface area contributed by atoms with Gasteiger partial charge >= 0.3 is 5.97 Å². The lowest BCUT2D eigenvalue weighted by Gasteiger charge is -2.20. The predicted molar refractivity (Wildman–Crippen MR) is 95.9 cm³/mol. The molecule has 4 N–H and O–H groups in total. The summed E-state index contributed by atoms with van der Waals surface area (Å²) in [4.78, 5) is 16.3. The van der Waals surface area contributed by atoms with E-state index in [2.05, 4.69) is 15.2 Å². The molecule has 1 saturated carbocycles. The maximum Gasteiger partial charge on any atom is 0.314 e. The van der Waals surface area contributed by atoms with Crippen molar-refractivity contribution in [2.75, 3.05) is 11.5 Å². The number of carbonyl (C=O) groups is 1. The molecule has 0 saturated heterocycles. The summed E-state index contributed by atoms with van der Waals surface area (Å²) in [6, 6.07) is 10.7. The molecule has 1 heterocycles. The van der Waals surface area contributed by atoms with E-state index < -0.39 is 0 Å². The zero-order valence-electron chi connectivity index (χ0n) is 13.9. The van der Waals surface area contributed by atoms with Crippen LogP contribution in [0.2, 0.25) is 0 Å². The predicted octanol–water partition coefficient (Wildman–Crippen LogP) is 4.15. The number of nitrogens with two attached hydrogens (primary N) is 2. The lowest BCUT2D eigenvalue weighted by atomic mass is 9.89. The number of esters is 1.